The van der Waals surface area contributed by atoms with Crippen LogP contribution in [0.2, 0.25) is 0 Å². The topological polar surface area (TPSA) is 49.3 Å². The maximum Gasteiger partial charge on any atom is 0.262 e. The van der Waals surface area contributed by atoms with Gasteiger partial charge in [-0.15, -0.1) is 5.10 Å². The van der Waals surface area contributed by atoms with Crippen molar-refractivity contribution < 1.29 is 4.79 Å². The Balaban J connectivity index is 2.31. The van der Waals surface area contributed by atoms with Gasteiger partial charge in [-0.25, -0.2) is 0 Å². The fourth-order valence-corrected chi connectivity index (χ4v) is 2.61. The molecule has 5 nitrogen and oxygen atoms in total. The number of nitrogens with zero attached hydrogens (tertiary/aromatic N) is 4. The van der Waals surface area contributed by atoms with Crippen molar-refractivity contribution in [1.82, 2.24) is 10.2 Å². The number of para-hydroxylation sites is 2. The van der Waals surface area contributed by atoms with Gasteiger partial charge in [0.05, 0.1) is 23.1 Å². The predicted octanol–water partition coefficient (Wildman–Crippen LogP) is 2.61. The molecule has 0 atom stereocenters. The first-order chi connectivity index (χ1) is 9.77. The van der Waals surface area contributed by atoms with Crippen molar-refractivity contribution in [3.05, 3.63) is 42.1 Å². The number of benzene rings is 1. The van der Waals surface area contributed by atoms with Gasteiger partial charge in [-0.05, 0) is 32.0 Å². The van der Waals surface area contributed by atoms with Crippen molar-refractivity contribution >= 4 is 23.1 Å². The molecule has 1 aliphatic rings. The lowest BCUT2D eigenvalue weighted by Gasteiger charge is -2.24. The molecule has 1 amide bonds. The first kappa shape index (κ1) is 12.6. The van der Waals surface area contributed by atoms with Gasteiger partial charge in [0, 0.05) is 13.1 Å². The van der Waals surface area contributed by atoms with E-state index >= 15 is 0 Å². The van der Waals surface area contributed by atoms with E-state index in [9.17, 15) is 4.79 Å². The van der Waals surface area contributed by atoms with Crippen molar-refractivity contribution in [2.45, 2.75) is 13.8 Å². The molecule has 1 aliphatic heterocycles. The third kappa shape index (κ3) is 1.74. The van der Waals surface area contributed by atoms with Crippen LogP contribution in [0.3, 0.4) is 0 Å². The molecule has 0 radical (unpaired) electrons. The van der Waals surface area contributed by atoms with Gasteiger partial charge >= 0.3 is 0 Å². The molecule has 5 heteroatoms. The summed E-state index contributed by atoms with van der Waals surface area (Å²) in [5.41, 5.74) is 2.50. The van der Waals surface area contributed by atoms with E-state index in [2.05, 4.69) is 10.2 Å². The molecule has 1 aromatic carbocycles. The Labute approximate surface area is 117 Å². The number of aromatic nitrogens is 2. The highest BCUT2D eigenvalue weighted by Gasteiger charge is 2.30. The predicted molar refractivity (Wildman–Crippen MR) is 78.5 cm³/mol. The van der Waals surface area contributed by atoms with E-state index in [0.29, 0.717) is 17.9 Å². The summed E-state index contributed by atoms with van der Waals surface area (Å²) in [7, 11) is 0. The standard InChI is InChI=1S/C15H16N4O/c1-3-18-12-7-5-6-8-13(12)19(4-2)15(20)11-9-10-16-17-14(11)18/h5-10H,3-4H2,1-2H3. The van der Waals surface area contributed by atoms with Crippen LogP contribution in [-0.4, -0.2) is 29.2 Å². The van der Waals surface area contributed by atoms with Crippen LogP contribution in [0.1, 0.15) is 24.2 Å². The van der Waals surface area contributed by atoms with E-state index in [-0.39, 0.29) is 5.91 Å². The van der Waals surface area contributed by atoms with E-state index in [1.54, 1.807) is 17.2 Å². The average Bonchev–Trinajstić information content (AvgIpc) is 2.60. The summed E-state index contributed by atoms with van der Waals surface area (Å²) in [5.74, 6) is 0.601. The number of rotatable bonds is 2. The minimum Gasteiger partial charge on any atom is -0.323 e. The van der Waals surface area contributed by atoms with Gasteiger partial charge in [-0.2, -0.15) is 5.10 Å². The largest absolute Gasteiger partial charge is 0.323 e. The lowest BCUT2D eigenvalue weighted by Crippen LogP contribution is -2.29. The zero-order valence-electron chi connectivity index (χ0n) is 11.6. The number of carbonyl (C=O) groups is 1. The number of hydrogen-bond donors (Lipinski definition) is 0. The first-order valence-corrected chi connectivity index (χ1v) is 6.78. The molecule has 0 aliphatic carbocycles. The van der Waals surface area contributed by atoms with Crippen molar-refractivity contribution in [2.24, 2.45) is 0 Å². The monoisotopic (exact) mass is 268 g/mol. The van der Waals surface area contributed by atoms with Gasteiger partial charge in [0.1, 0.15) is 0 Å². The average molecular weight is 268 g/mol. The number of amides is 1. The molecule has 0 saturated heterocycles. The molecule has 0 bridgehead atoms. The Morgan fingerprint density at radius 3 is 2.30 bits per heavy atom. The van der Waals surface area contributed by atoms with Crippen LogP contribution in [0.25, 0.3) is 0 Å². The maximum absolute atomic E-state index is 12.7. The molecule has 0 spiro atoms. The van der Waals surface area contributed by atoms with Crippen molar-refractivity contribution in [3.63, 3.8) is 0 Å². The number of anilines is 3. The van der Waals surface area contributed by atoms with Crippen LogP contribution < -0.4 is 9.80 Å². The first-order valence-electron chi connectivity index (χ1n) is 6.78. The van der Waals surface area contributed by atoms with Crippen LogP contribution in [0, 0.1) is 0 Å². The van der Waals surface area contributed by atoms with Gasteiger partial charge in [0.25, 0.3) is 5.91 Å². The Morgan fingerprint density at radius 2 is 1.65 bits per heavy atom. The van der Waals surface area contributed by atoms with E-state index in [1.165, 1.54) is 0 Å². The highest BCUT2D eigenvalue weighted by molar-refractivity contribution is 6.13. The summed E-state index contributed by atoms with van der Waals surface area (Å²) >= 11 is 0. The Hall–Kier alpha value is -2.43. The van der Waals surface area contributed by atoms with Gasteiger partial charge < -0.3 is 9.80 Å². The fraction of sp³-hybridized carbons (Fsp3) is 0.267. The third-order valence-electron chi connectivity index (χ3n) is 3.53. The highest BCUT2D eigenvalue weighted by Crippen LogP contribution is 2.38. The van der Waals surface area contributed by atoms with Gasteiger partial charge in [-0.3, -0.25) is 4.79 Å². The van der Waals surface area contributed by atoms with Crippen LogP contribution in [0.5, 0.6) is 0 Å². The van der Waals surface area contributed by atoms with E-state index in [1.807, 2.05) is 43.0 Å². The minimum atomic E-state index is -0.0270. The highest BCUT2D eigenvalue weighted by atomic mass is 16.2. The van der Waals surface area contributed by atoms with E-state index in [4.69, 9.17) is 0 Å². The second-order valence-electron chi connectivity index (χ2n) is 4.55. The molecular weight excluding hydrogens is 252 g/mol. The molecule has 0 fully saturated rings. The van der Waals surface area contributed by atoms with E-state index < -0.39 is 0 Å². The molecule has 0 unspecified atom stereocenters. The molecule has 1 aromatic heterocycles. The van der Waals surface area contributed by atoms with Crippen LogP contribution in [0.15, 0.2) is 36.5 Å². The molecule has 0 N–H and O–H groups in total. The molecule has 20 heavy (non-hydrogen) atoms. The zero-order chi connectivity index (χ0) is 14.1. The summed E-state index contributed by atoms with van der Waals surface area (Å²) in [6.45, 7) is 5.37. The summed E-state index contributed by atoms with van der Waals surface area (Å²) in [4.78, 5) is 16.5. The number of carbonyl (C=O) groups excluding carboxylic acids is 1. The van der Waals surface area contributed by atoms with Crippen LogP contribution in [-0.2, 0) is 0 Å². The normalized spacial score (nSPS) is 13.8. The third-order valence-corrected chi connectivity index (χ3v) is 3.53. The van der Waals surface area contributed by atoms with Crippen molar-refractivity contribution in [1.29, 1.82) is 0 Å². The summed E-state index contributed by atoms with van der Waals surface area (Å²) in [6.07, 6.45) is 1.56. The second kappa shape index (κ2) is 4.92. The Morgan fingerprint density at radius 1 is 1.00 bits per heavy atom. The summed E-state index contributed by atoms with van der Waals surface area (Å²) < 4.78 is 0. The Bertz CT molecular complexity index is 656. The fourth-order valence-electron chi connectivity index (χ4n) is 2.61. The Kier molecular flexibility index (Phi) is 3.10. The smallest absolute Gasteiger partial charge is 0.262 e. The molecular formula is C15H16N4O. The molecule has 3 rings (SSSR count). The van der Waals surface area contributed by atoms with Gasteiger partial charge in [0.2, 0.25) is 0 Å². The molecule has 102 valence electrons. The van der Waals surface area contributed by atoms with Crippen LogP contribution in [0.4, 0.5) is 17.2 Å². The SMILES string of the molecule is CCN1C(=O)c2ccnnc2N(CC)c2ccccc21. The summed E-state index contributed by atoms with van der Waals surface area (Å²) in [5, 5.41) is 8.11. The van der Waals surface area contributed by atoms with Gasteiger partial charge in [0.15, 0.2) is 5.82 Å². The minimum absolute atomic E-state index is 0.0270. The molecule has 0 saturated carbocycles. The summed E-state index contributed by atoms with van der Waals surface area (Å²) in [6, 6.07) is 9.64. The molecule has 2 heterocycles. The second-order valence-corrected chi connectivity index (χ2v) is 4.55. The number of hydrogen-bond acceptors (Lipinski definition) is 4. The van der Waals surface area contributed by atoms with Crippen molar-refractivity contribution in [3.8, 4) is 0 Å². The maximum atomic E-state index is 12.7. The van der Waals surface area contributed by atoms with Gasteiger partial charge in [-0.1, -0.05) is 12.1 Å². The van der Waals surface area contributed by atoms with Crippen LogP contribution >= 0.6 is 0 Å². The lowest BCUT2D eigenvalue weighted by molar-refractivity contribution is 0.0989. The van der Waals surface area contributed by atoms with E-state index in [0.717, 1.165) is 17.9 Å². The molecule has 2 aromatic rings. The lowest BCUT2D eigenvalue weighted by atomic mass is 10.2. The number of fused-ring (bicyclic) bond motifs is 2. The van der Waals surface area contributed by atoms with Crippen molar-refractivity contribution in [2.75, 3.05) is 22.9 Å². The zero-order valence-corrected chi connectivity index (χ0v) is 11.6. The quantitative estimate of drug-likeness (QED) is 0.840.